The third kappa shape index (κ3) is 3.05. The lowest BCUT2D eigenvalue weighted by molar-refractivity contribution is -0.115. The number of piperazine rings is 1. The summed E-state index contributed by atoms with van der Waals surface area (Å²) >= 11 is 1.32. The molecule has 3 heterocycles. The number of amides is 1. The van der Waals surface area contributed by atoms with E-state index in [0.717, 1.165) is 21.8 Å². The minimum Gasteiger partial charge on any atom is -0.369 e. The summed E-state index contributed by atoms with van der Waals surface area (Å²) in [7, 11) is -3.39. The number of rotatable bonds is 3. The van der Waals surface area contributed by atoms with Crippen molar-refractivity contribution >= 4 is 38.6 Å². The zero-order chi connectivity index (χ0) is 17.6. The van der Waals surface area contributed by atoms with E-state index in [2.05, 4.69) is 10.2 Å². The molecule has 0 atom stereocenters. The van der Waals surface area contributed by atoms with Gasteiger partial charge < -0.3 is 10.2 Å². The van der Waals surface area contributed by atoms with Crippen molar-refractivity contribution in [3.05, 3.63) is 40.8 Å². The van der Waals surface area contributed by atoms with Crippen LogP contribution in [-0.2, 0) is 21.2 Å². The molecule has 1 N–H and O–H groups in total. The van der Waals surface area contributed by atoms with Crippen LogP contribution in [0, 0.1) is 6.92 Å². The highest BCUT2D eigenvalue weighted by Crippen LogP contribution is 2.30. The Kier molecular flexibility index (Phi) is 4.05. The Morgan fingerprint density at radius 1 is 1.08 bits per heavy atom. The van der Waals surface area contributed by atoms with Gasteiger partial charge in [0.15, 0.2) is 0 Å². The Balaban J connectivity index is 1.47. The number of nitrogens with one attached hydrogen (secondary N) is 1. The van der Waals surface area contributed by atoms with E-state index in [0.29, 0.717) is 36.8 Å². The molecule has 0 saturated carbocycles. The minimum atomic E-state index is -3.39. The first kappa shape index (κ1) is 16.6. The van der Waals surface area contributed by atoms with Crippen molar-refractivity contribution in [2.75, 3.05) is 36.4 Å². The Hall–Kier alpha value is -1.90. The fourth-order valence-electron chi connectivity index (χ4n) is 3.28. The molecule has 8 heteroatoms. The van der Waals surface area contributed by atoms with E-state index in [9.17, 15) is 13.2 Å². The fourth-order valence-corrected chi connectivity index (χ4v) is 6.14. The summed E-state index contributed by atoms with van der Waals surface area (Å²) < 4.78 is 27.4. The molecular weight excluding hydrogens is 358 g/mol. The monoisotopic (exact) mass is 377 g/mol. The summed E-state index contributed by atoms with van der Waals surface area (Å²) in [5.74, 6) is 0.0225. The number of carbonyl (C=O) groups is 1. The van der Waals surface area contributed by atoms with Gasteiger partial charge in [0.05, 0.1) is 6.42 Å². The van der Waals surface area contributed by atoms with E-state index in [1.54, 1.807) is 10.4 Å². The van der Waals surface area contributed by atoms with Gasteiger partial charge in [-0.05, 0) is 42.8 Å². The van der Waals surface area contributed by atoms with Crippen LogP contribution >= 0.6 is 11.3 Å². The third-order valence-electron chi connectivity index (χ3n) is 4.63. The molecule has 1 aromatic heterocycles. The van der Waals surface area contributed by atoms with Crippen LogP contribution in [-0.4, -0.2) is 44.8 Å². The predicted octanol–water partition coefficient (Wildman–Crippen LogP) is 2.06. The zero-order valence-corrected chi connectivity index (χ0v) is 15.5. The molecule has 2 aliphatic heterocycles. The number of hydrogen-bond acceptors (Lipinski definition) is 5. The van der Waals surface area contributed by atoms with Crippen LogP contribution in [0.4, 0.5) is 11.4 Å². The first-order valence-corrected chi connectivity index (χ1v) is 10.4. The van der Waals surface area contributed by atoms with Gasteiger partial charge in [0, 0.05) is 42.4 Å². The van der Waals surface area contributed by atoms with Crippen molar-refractivity contribution < 1.29 is 13.2 Å². The molecule has 2 aromatic rings. The Morgan fingerprint density at radius 2 is 1.84 bits per heavy atom. The molecule has 25 heavy (non-hydrogen) atoms. The van der Waals surface area contributed by atoms with Gasteiger partial charge in [-0.15, -0.1) is 11.3 Å². The first-order chi connectivity index (χ1) is 11.9. The van der Waals surface area contributed by atoms with Crippen LogP contribution in [0.15, 0.2) is 34.5 Å². The average Bonchev–Trinajstić information content (AvgIpc) is 3.19. The van der Waals surface area contributed by atoms with Gasteiger partial charge in [-0.3, -0.25) is 4.79 Å². The summed E-state index contributed by atoms with van der Waals surface area (Å²) in [6, 6.07) is 9.46. The second-order valence-corrected chi connectivity index (χ2v) is 9.78. The van der Waals surface area contributed by atoms with Gasteiger partial charge in [0.1, 0.15) is 4.21 Å². The lowest BCUT2D eigenvalue weighted by atomic mass is 10.1. The van der Waals surface area contributed by atoms with Crippen LogP contribution in [0.5, 0.6) is 0 Å². The molecule has 0 unspecified atom stereocenters. The molecule has 4 rings (SSSR count). The molecule has 132 valence electrons. The molecule has 2 aliphatic rings. The molecule has 1 amide bonds. The van der Waals surface area contributed by atoms with E-state index in [4.69, 9.17) is 0 Å². The van der Waals surface area contributed by atoms with E-state index >= 15 is 0 Å². The van der Waals surface area contributed by atoms with Crippen LogP contribution < -0.4 is 10.2 Å². The lowest BCUT2D eigenvalue weighted by Gasteiger charge is -2.35. The zero-order valence-electron chi connectivity index (χ0n) is 13.9. The maximum Gasteiger partial charge on any atom is 0.252 e. The Morgan fingerprint density at radius 3 is 2.52 bits per heavy atom. The number of hydrogen-bond donors (Lipinski definition) is 1. The highest BCUT2D eigenvalue weighted by molar-refractivity contribution is 7.91. The Bertz CT molecular complexity index is 928. The number of anilines is 2. The average molecular weight is 377 g/mol. The van der Waals surface area contributed by atoms with Gasteiger partial charge >= 0.3 is 0 Å². The van der Waals surface area contributed by atoms with Gasteiger partial charge in [-0.2, -0.15) is 4.31 Å². The molecule has 1 saturated heterocycles. The van der Waals surface area contributed by atoms with E-state index in [1.165, 1.54) is 11.3 Å². The Labute approximate surface area is 151 Å². The second-order valence-electron chi connectivity index (χ2n) is 6.32. The number of benzene rings is 1. The molecular formula is C17H19N3O3S2. The van der Waals surface area contributed by atoms with Crippen LogP contribution in [0.2, 0.25) is 0 Å². The van der Waals surface area contributed by atoms with Crippen molar-refractivity contribution in [1.82, 2.24) is 4.31 Å². The molecule has 0 radical (unpaired) electrons. The van der Waals surface area contributed by atoms with Crippen LogP contribution in [0.3, 0.4) is 0 Å². The highest BCUT2D eigenvalue weighted by Gasteiger charge is 2.30. The number of sulfonamides is 1. The number of nitrogens with zero attached hydrogens (tertiary/aromatic N) is 2. The normalized spacial score (nSPS) is 18.3. The quantitative estimate of drug-likeness (QED) is 0.889. The van der Waals surface area contributed by atoms with Gasteiger partial charge in [0.25, 0.3) is 10.0 Å². The summed E-state index contributed by atoms with van der Waals surface area (Å²) in [5.41, 5.74) is 2.92. The first-order valence-electron chi connectivity index (χ1n) is 8.18. The van der Waals surface area contributed by atoms with Crippen molar-refractivity contribution in [1.29, 1.82) is 0 Å². The standard InChI is InChI=1S/C17H19N3O3S2/c1-12-2-5-17(24-12)25(22,23)20-8-6-19(7-9-20)14-3-4-15-13(10-14)11-16(21)18-15/h2-5,10H,6-9,11H2,1H3,(H,18,21). The molecule has 6 nitrogen and oxygen atoms in total. The fraction of sp³-hybridized carbons (Fsp3) is 0.353. The van der Waals surface area contributed by atoms with Crippen LogP contribution in [0.1, 0.15) is 10.4 Å². The predicted molar refractivity (Wildman–Crippen MR) is 98.8 cm³/mol. The lowest BCUT2D eigenvalue weighted by Crippen LogP contribution is -2.48. The van der Waals surface area contributed by atoms with Crippen molar-refractivity contribution in [3.8, 4) is 0 Å². The van der Waals surface area contributed by atoms with Gasteiger partial charge in [0.2, 0.25) is 5.91 Å². The third-order valence-corrected chi connectivity index (χ3v) is 7.99. The smallest absolute Gasteiger partial charge is 0.252 e. The number of fused-ring (bicyclic) bond motifs is 1. The summed E-state index contributed by atoms with van der Waals surface area (Å²) in [4.78, 5) is 14.7. The summed E-state index contributed by atoms with van der Waals surface area (Å²) in [6.45, 7) is 4.13. The maximum atomic E-state index is 12.7. The maximum absolute atomic E-state index is 12.7. The molecule has 1 aromatic carbocycles. The number of carbonyl (C=O) groups excluding carboxylic acids is 1. The van der Waals surface area contributed by atoms with Crippen molar-refractivity contribution in [2.24, 2.45) is 0 Å². The highest BCUT2D eigenvalue weighted by atomic mass is 32.2. The molecule has 0 bridgehead atoms. The number of thiophene rings is 1. The van der Waals surface area contributed by atoms with Gasteiger partial charge in [-0.25, -0.2) is 8.42 Å². The van der Waals surface area contributed by atoms with Crippen molar-refractivity contribution in [2.45, 2.75) is 17.6 Å². The SMILES string of the molecule is Cc1ccc(S(=O)(=O)N2CCN(c3ccc4c(c3)CC(=O)N4)CC2)s1. The van der Waals surface area contributed by atoms with Crippen molar-refractivity contribution in [3.63, 3.8) is 0 Å². The molecule has 1 fully saturated rings. The van der Waals surface area contributed by atoms with E-state index < -0.39 is 10.0 Å². The topological polar surface area (TPSA) is 69.7 Å². The van der Waals surface area contributed by atoms with Gasteiger partial charge in [-0.1, -0.05) is 0 Å². The number of aryl methyl sites for hydroxylation is 1. The second kappa shape index (κ2) is 6.12. The summed E-state index contributed by atoms with van der Waals surface area (Å²) in [6.07, 6.45) is 0.412. The molecule has 0 aliphatic carbocycles. The molecule has 0 spiro atoms. The van der Waals surface area contributed by atoms with E-state index in [-0.39, 0.29) is 5.91 Å². The minimum absolute atomic E-state index is 0.0225. The van der Waals surface area contributed by atoms with Crippen LogP contribution in [0.25, 0.3) is 0 Å². The summed E-state index contributed by atoms with van der Waals surface area (Å²) in [5, 5.41) is 2.83. The van der Waals surface area contributed by atoms with E-state index in [1.807, 2.05) is 31.2 Å². The largest absolute Gasteiger partial charge is 0.369 e.